The van der Waals surface area contributed by atoms with Crippen LogP contribution in [0.2, 0.25) is 5.15 Å². The van der Waals surface area contributed by atoms with Gasteiger partial charge in [-0.15, -0.1) is 0 Å². The molecule has 1 aromatic rings. The minimum absolute atomic E-state index is 0.0233. The Hall–Kier alpha value is -0.830. The van der Waals surface area contributed by atoms with Crippen LogP contribution in [0.3, 0.4) is 0 Å². The van der Waals surface area contributed by atoms with Crippen LogP contribution in [-0.2, 0) is 13.0 Å². The van der Waals surface area contributed by atoms with Crippen molar-refractivity contribution in [3.8, 4) is 0 Å². The number of hydrogen-bond donors (Lipinski definition) is 0. The highest BCUT2D eigenvalue weighted by molar-refractivity contribution is 6.29. The zero-order valence-corrected chi connectivity index (χ0v) is 13.6. The van der Waals surface area contributed by atoms with Crippen LogP contribution in [0.4, 0.5) is 0 Å². The molecule has 0 aromatic carbocycles. The van der Waals surface area contributed by atoms with E-state index in [-0.39, 0.29) is 5.56 Å². The Morgan fingerprint density at radius 3 is 2.25 bits per heavy atom. The van der Waals surface area contributed by atoms with Gasteiger partial charge in [-0.1, -0.05) is 70.4 Å². The molecule has 0 aliphatic heterocycles. The van der Waals surface area contributed by atoms with Crippen LogP contribution in [0.1, 0.15) is 71.0 Å². The fourth-order valence-corrected chi connectivity index (χ4v) is 2.63. The van der Waals surface area contributed by atoms with Gasteiger partial charge in [0.1, 0.15) is 11.0 Å². The number of nitrogens with zero attached hydrogens (tertiary/aromatic N) is 2. The van der Waals surface area contributed by atoms with Crippen molar-refractivity contribution < 1.29 is 0 Å². The monoisotopic (exact) mass is 298 g/mol. The first-order valence-corrected chi connectivity index (χ1v) is 8.33. The highest BCUT2D eigenvalue weighted by Gasteiger charge is 2.05. The first-order valence-electron chi connectivity index (χ1n) is 7.95. The van der Waals surface area contributed by atoms with Gasteiger partial charge in [-0.3, -0.25) is 9.36 Å². The Morgan fingerprint density at radius 1 is 1.05 bits per heavy atom. The number of unbranched alkanes of at least 4 members (excludes halogenated alkanes) is 7. The first kappa shape index (κ1) is 17.2. The van der Waals surface area contributed by atoms with Crippen LogP contribution < -0.4 is 5.56 Å². The van der Waals surface area contributed by atoms with Crippen molar-refractivity contribution >= 4 is 11.6 Å². The van der Waals surface area contributed by atoms with Crippen molar-refractivity contribution in [1.82, 2.24) is 9.55 Å². The van der Waals surface area contributed by atoms with E-state index in [0.29, 0.717) is 5.15 Å². The van der Waals surface area contributed by atoms with Crippen LogP contribution in [0.15, 0.2) is 10.9 Å². The summed E-state index contributed by atoms with van der Waals surface area (Å²) in [6, 6.07) is 1.41. The molecule has 4 heteroatoms. The molecule has 0 radical (unpaired) electrons. The average Bonchev–Trinajstić information content (AvgIpc) is 2.43. The van der Waals surface area contributed by atoms with Gasteiger partial charge in [0.15, 0.2) is 0 Å². The van der Waals surface area contributed by atoms with Crippen LogP contribution in [0.5, 0.6) is 0 Å². The van der Waals surface area contributed by atoms with Crippen molar-refractivity contribution in [2.75, 3.05) is 0 Å². The molecule has 0 amide bonds. The van der Waals surface area contributed by atoms with E-state index < -0.39 is 0 Å². The van der Waals surface area contributed by atoms with E-state index in [2.05, 4.69) is 11.9 Å². The average molecular weight is 299 g/mol. The molecule has 0 fully saturated rings. The maximum Gasteiger partial charge on any atom is 0.254 e. The van der Waals surface area contributed by atoms with Gasteiger partial charge in [0.2, 0.25) is 0 Å². The molecule has 0 bridgehead atoms. The van der Waals surface area contributed by atoms with Gasteiger partial charge >= 0.3 is 0 Å². The Balaban J connectivity index is 2.30. The third-order valence-corrected chi connectivity index (χ3v) is 3.80. The highest BCUT2D eigenvalue weighted by atomic mass is 35.5. The Bertz CT molecular complexity index is 443. The minimum Gasteiger partial charge on any atom is -0.297 e. The normalized spacial score (nSPS) is 10.9. The van der Waals surface area contributed by atoms with Gasteiger partial charge in [-0.2, -0.15) is 0 Å². The predicted octanol–water partition coefficient (Wildman–Crippen LogP) is 4.60. The lowest BCUT2D eigenvalue weighted by atomic mass is 10.1. The molecule has 114 valence electrons. The summed E-state index contributed by atoms with van der Waals surface area (Å²) in [5.41, 5.74) is -0.0233. The summed E-state index contributed by atoms with van der Waals surface area (Å²) in [5, 5.41) is 0.305. The van der Waals surface area contributed by atoms with Crippen LogP contribution in [0.25, 0.3) is 0 Å². The molecule has 0 unspecified atom stereocenters. The SMILES string of the molecule is CCCCCCCCCCn1c(CC)nc(Cl)cc1=O. The van der Waals surface area contributed by atoms with Gasteiger partial charge < -0.3 is 0 Å². The molecule has 0 saturated carbocycles. The maximum absolute atomic E-state index is 11.9. The van der Waals surface area contributed by atoms with Crippen molar-refractivity contribution in [3.05, 3.63) is 27.4 Å². The van der Waals surface area contributed by atoms with Crippen molar-refractivity contribution in [1.29, 1.82) is 0 Å². The summed E-state index contributed by atoms with van der Waals surface area (Å²) in [6.45, 7) is 5.01. The van der Waals surface area contributed by atoms with Crippen LogP contribution in [-0.4, -0.2) is 9.55 Å². The van der Waals surface area contributed by atoms with Gasteiger partial charge in [0.25, 0.3) is 5.56 Å². The Labute approximate surface area is 127 Å². The summed E-state index contributed by atoms with van der Waals surface area (Å²) in [7, 11) is 0. The second-order valence-corrected chi connectivity index (χ2v) is 5.70. The maximum atomic E-state index is 11.9. The largest absolute Gasteiger partial charge is 0.297 e. The molecular weight excluding hydrogens is 272 g/mol. The second kappa shape index (κ2) is 9.98. The van der Waals surface area contributed by atoms with Crippen molar-refractivity contribution in [2.24, 2.45) is 0 Å². The molecule has 0 spiro atoms. The zero-order valence-electron chi connectivity index (χ0n) is 12.8. The quantitative estimate of drug-likeness (QED) is 0.467. The first-order chi connectivity index (χ1) is 9.69. The molecule has 0 saturated heterocycles. The lowest BCUT2D eigenvalue weighted by Gasteiger charge is -2.10. The van der Waals surface area contributed by atoms with Gasteiger partial charge in [0.05, 0.1) is 0 Å². The molecule has 0 N–H and O–H groups in total. The molecule has 0 aliphatic rings. The summed E-state index contributed by atoms with van der Waals surface area (Å²) in [5.74, 6) is 0.797. The summed E-state index contributed by atoms with van der Waals surface area (Å²) in [6.07, 6.45) is 10.9. The predicted molar refractivity (Wildman–Crippen MR) is 85.5 cm³/mol. The minimum atomic E-state index is -0.0233. The van der Waals surface area contributed by atoms with Crippen LogP contribution >= 0.6 is 11.6 Å². The topological polar surface area (TPSA) is 34.9 Å². The summed E-state index contributed by atoms with van der Waals surface area (Å²) in [4.78, 5) is 16.1. The third-order valence-electron chi connectivity index (χ3n) is 3.61. The summed E-state index contributed by atoms with van der Waals surface area (Å²) >= 11 is 5.82. The lowest BCUT2D eigenvalue weighted by Crippen LogP contribution is -2.24. The number of halogens is 1. The van der Waals surface area contributed by atoms with E-state index in [4.69, 9.17) is 11.6 Å². The van der Waals surface area contributed by atoms with Crippen molar-refractivity contribution in [2.45, 2.75) is 78.2 Å². The lowest BCUT2D eigenvalue weighted by molar-refractivity contribution is 0.522. The van der Waals surface area contributed by atoms with Gasteiger partial charge in [-0.25, -0.2) is 4.98 Å². The van der Waals surface area contributed by atoms with E-state index in [1.807, 2.05) is 6.92 Å². The van der Waals surface area contributed by atoms with Gasteiger partial charge in [-0.05, 0) is 6.42 Å². The number of aromatic nitrogens is 2. The molecule has 0 aliphatic carbocycles. The summed E-state index contributed by atoms with van der Waals surface area (Å²) < 4.78 is 1.77. The van der Waals surface area contributed by atoms with Crippen molar-refractivity contribution in [3.63, 3.8) is 0 Å². The zero-order chi connectivity index (χ0) is 14.8. The number of hydrogen-bond acceptors (Lipinski definition) is 2. The fraction of sp³-hybridized carbons (Fsp3) is 0.750. The molecule has 1 rings (SSSR count). The highest BCUT2D eigenvalue weighted by Crippen LogP contribution is 2.10. The second-order valence-electron chi connectivity index (χ2n) is 5.31. The molecule has 1 aromatic heterocycles. The fourth-order valence-electron chi connectivity index (χ4n) is 2.44. The molecular formula is C16H27ClN2O. The van der Waals surface area contributed by atoms with Crippen LogP contribution in [0, 0.1) is 0 Å². The van der Waals surface area contributed by atoms with E-state index in [0.717, 1.165) is 25.2 Å². The molecule has 0 atom stereocenters. The van der Waals surface area contributed by atoms with Gasteiger partial charge in [0, 0.05) is 19.0 Å². The third kappa shape index (κ3) is 6.08. The Morgan fingerprint density at radius 2 is 1.65 bits per heavy atom. The van der Waals surface area contributed by atoms with E-state index in [1.54, 1.807) is 4.57 Å². The number of aryl methyl sites for hydroxylation is 1. The molecule has 1 heterocycles. The van der Waals surface area contributed by atoms with E-state index >= 15 is 0 Å². The molecule has 3 nitrogen and oxygen atoms in total. The Kier molecular flexibility index (Phi) is 8.59. The standard InChI is InChI=1S/C16H27ClN2O/c1-3-5-6-7-8-9-10-11-12-19-15(4-2)18-14(17)13-16(19)20/h13H,3-12H2,1-2H3. The van der Waals surface area contributed by atoms with E-state index in [9.17, 15) is 4.79 Å². The smallest absolute Gasteiger partial charge is 0.254 e. The molecule has 20 heavy (non-hydrogen) atoms. The van der Waals surface area contributed by atoms with E-state index in [1.165, 1.54) is 51.0 Å². The number of rotatable bonds is 10.